The first-order valence-electron chi connectivity index (χ1n) is 4.14. The van der Waals surface area contributed by atoms with E-state index in [0.717, 1.165) is 6.08 Å². The standard InChI is InChI=1S/C9H10Br2O4/c1-2-8(13)15-4-3-6(9(11)14)5-7(10)12/h2,6H,1,3-5H2. The largest absolute Gasteiger partial charge is 0.463 e. The molecule has 15 heavy (non-hydrogen) atoms. The molecule has 1 atom stereocenters. The van der Waals surface area contributed by atoms with Crippen molar-refractivity contribution < 1.29 is 19.1 Å². The number of carbonyl (C=O) groups excluding carboxylic acids is 3. The Hall–Kier alpha value is -0.490. The molecular weight excluding hydrogens is 332 g/mol. The summed E-state index contributed by atoms with van der Waals surface area (Å²) in [4.78, 5) is 32.4. The van der Waals surface area contributed by atoms with Gasteiger partial charge >= 0.3 is 5.97 Å². The summed E-state index contributed by atoms with van der Waals surface area (Å²) < 4.78 is 4.17. The first-order valence-corrected chi connectivity index (χ1v) is 5.72. The van der Waals surface area contributed by atoms with E-state index >= 15 is 0 Å². The zero-order valence-electron chi connectivity index (χ0n) is 7.87. The molecule has 0 radical (unpaired) electrons. The first-order chi connectivity index (χ1) is 6.97. The molecule has 0 aliphatic carbocycles. The average molecular weight is 342 g/mol. The molecule has 0 aliphatic rings. The molecule has 0 N–H and O–H groups in total. The number of carbonyl (C=O) groups is 3. The van der Waals surface area contributed by atoms with Crippen LogP contribution >= 0.6 is 31.9 Å². The summed E-state index contributed by atoms with van der Waals surface area (Å²) in [5.41, 5.74) is 0. The molecule has 0 rings (SSSR count). The fourth-order valence-electron chi connectivity index (χ4n) is 0.850. The Labute approximate surface area is 104 Å². The van der Waals surface area contributed by atoms with E-state index in [4.69, 9.17) is 4.74 Å². The van der Waals surface area contributed by atoms with Crippen molar-refractivity contribution in [2.45, 2.75) is 12.8 Å². The van der Waals surface area contributed by atoms with Crippen LogP contribution < -0.4 is 0 Å². The quantitative estimate of drug-likeness (QED) is 0.403. The number of rotatable bonds is 7. The number of hydrogen-bond donors (Lipinski definition) is 0. The summed E-state index contributed by atoms with van der Waals surface area (Å²) in [7, 11) is 0. The highest BCUT2D eigenvalue weighted by atomic mass is 79.9. The van der Waals surface area contributed by atoms with Gasteiger partial charge in [-0.25, -0.2) is 4.79 Å². The van der Waals surface area contributed by atoms with Gasteiger partial charge in [-0.1, -0.05) is 6.58 Å². The molecule has 0 saturated carbocycles. The molecule has 0 saturated heterocycles. The van der Waals surface area contributed by atoms with E-state index in [1.165, 1.54) is 0 Å². The van der Waals surface area contributed by atoms with Crippen LogP contribution in [0.4, 0.5) is 0 Å². The summed E-state index contributed by atoms with van der Waals surface area (Å²) >= 11 is 5.52. The Bertz CT molecular complexity index is 275. The van der Waals surface area contributed by atoms with Crippen LogP contribution in [0.3, 0.4) is 0 Å². The number of halogens is 2. The van der Waals surface area contributed by atoms with Gasteiger partial charge in [0.05, 0.1) is 6.61 Å². The van der Waals surface area contributed by atoms with Gasteiger partial charge in [0.25, 0.3) is 0 Å². The highest BCUT2D eigenvalue weighted by Crippen LogP contribution is 2.16. The lowest BCUT2D eigenvalue weighted by Crippen LogP contribution is -2.15. The zero-order valence-corrected chi connectivity index (χ0v) is 11.0. The monoisotopic (exact) mass is 340 g/mol. The maximum atomic E-state index is 11.0. The van der Waals surface area contributed by atoms with Crippen LogP contribution in [0, 0.1) is 5.92 Å². The van der Waals surface area contributed by atoms with Crippen LogP contribution in [0.5, 0.6) is 0 Å². The van der Waals surface area contributed by atoms with Crippen molar-refractivity contribution in [3.63, 3.8) is 0 Å². The van der Waals surface area contributed by atoms with E-state index < -0.39 is 11.9 Å². The number of ether oxygens (including phenoxy) is 1. The van der Waals surface area contributed by atoms with Gasteiger partial charge in [0.2, 0.25) is 4.69 Å². The van der Waals surface area contributed by atoms with E-state index in [0.29, 0.717) is 6.42 Å². The summed E-state index contributed by atoms with van der Waals surface area (Å²) in [6.07, 6.45) is 1.43. The van der Waals surface area contributed by atoms with Crippen molar-refractivity contribution in [1.82, 2.24) is 0 Å². The van der Waals surface area contributed by atoms with Crippen LogP contribution in [0.1, 0.15) is 12.8 Å². The van der Waals surface area contributed by atoms with Crippen LogP contribution in [0.15, 0.2) is 12.7 Å². The molecule has 0 aromatic carbocycles. The molecule has 84 valence electrons. The normalized spacial score (nSPS) is 11.6. The second kappa shape index (κ2) is 7.76. The third-order valence-electron chi connectivity index (χ3n) is 1.61. The van der Waals surface area contributed by atoms with E-state index in [1.807, 2.05) is 0 Å². The molecule has 6 heteroatoms. The molecule has 0 aliphatic heterocycles. The average Bonchev–Trinajstić information content (AvgIpc) is 2.15. The highest BCUT2D eigenvalue weighted by Gasteiger charge is 2.18. The minimum absolute atomic E-state index is 0.0791. The summed E-state index contributed by atoms with van der Waals surface area (Å²) in [5.74, 6) is -1.02. The minimum atomic E-state index is -0.541. The van der Waals surface area contributed by atoms with Gasteiger partial charge in [-0.2, -0.15) is 0 Å². The zero-order chi connectivity index (χ0) is 11.8. The first kappa shape index (κ1) is 14.5. The van der Waals surface area contributed by atoms with Gasteiger partial charge in [0.1, 0.15) is 0 Å². The molecule has 4 nitrogen and oxygen atoms in total. The van der Waals surface area contributed by atoms with Gasteiger partial charge in [-0.3, -0.25) is 9.59 Å². The topological polar surface area (TPSA) is 60.4 Å². The number of esters is 1. The second-order valence-corrected chi connectivity index (χ2v) is 4.39. The SMILES string of the molecule is C=CC(=O)OCCC(CC(=O)Br)C(=O)Br. The van der Waals surface area contributed by atoms with Crippen LogP contribution in [0.2, 0.25) is 0 Å². The van der Waals surface area contributed by atoms with Crippen molar-refractivity contribution in [3.8, 4) is 0 Å². The van der Waals surface area contributed by atoms with E-state index in [9.17, 15) is 14.4 Å². The smallest absolute Gasteiger partial charge is 0.330 e. The molecular formula is C9H10Br2O4. The Morgan fingerprint density at radius 3 is 2.33 bits per heavy atom. The van der Waals surface area contributed by atoms with E-state index in [1.54, 1.807) is 0 Å². The lowest BCUT2D eigenvalue weighted by molar-refractivity contribution is -0.138. The van der Waals surface area contributed by atoms with Gasteiger partial charge in [-0.15, -0.1) is 0 Å². The minimum Gasteiger partial charge on any atom is -0.463 e. The molecule has 0 aromatic rings. The Morgan fingerprint density at radius 1 is 1.33 bits per heavy atom. The Morgan fingerprint density at radius 2 is 1.93 bits per heavy atom. The highest BCUT2D eigenvalue weighted by molar-refractivity contribution is 9.18. The van der Waals surface area contributed by atoms with Gasteiger partial charge in [0.15, 0.2) is 4.69 Å². The molecule has 0 aromatic heterocycles. The lowest BCUT2D eigenvalue weighted by atomic mass is 10.1. The summed E-state index contributed by atoms with van der Waals surface area (Å²) in [6, 6.07) is 0. The predicted molar refractivity (Wildman–Crippen MR) is 61.7 cm³/mol. The molecule has 0 bridgehead atoms. The Kier molecular flexibility index (Phi) is 7.50. The van der Waals surface area contributed by atoms with Gasteiger partial charge in [0, 0.05) is 18.4 Å². The second-order valence-electron chi connectivity index (χ2n) is 2.72. The molecule has 1 unspecified atom stereocenters. The maximum absolute atomic E-state index is 11.0. The van der Waals surface area contributed by atoms with Gasteiger partial charge in [-0.05, 0) is 38.3 Å². The molecule has 0 heterocycles. The van der Waals surface area contributed by atoms with Crippen LogP contribution in [0.25, 0.3) is 0 Å². The number of hydrogen-bond acceptors (Lipinski definition) is 4. The van der Waals surface area contributed by atoms with Crippen molar-refractivity contribution in [2.75, 3.05) is 6.61 Å². The molecule has 0 spiro atoms. The predicted octanol–water partition coefficient (Wildman–Crippen LogP) is 1.95. The fraction of sp³-hybridized carbons (Fsp3) is 0.444. The fourth-order valence-corrected chi connectivity index (χ4v) is 1.63. The van der Waals surface area contributed by atoms with Crippen LogP contribution in [-0.2, 0) is 19.1 Å². The summed E-state index contributed by atoms with van der Waals surface area (Å²) in [6.45, 7) is 3.32. The maximum Gasteiger partial charge on any atom is 0.330 e. The molecule has 0 fully saturated rings. The van der Waals surface area contributed by atoms with Crippen molar-refractivity contribution >= 4 is 47.2 Å². The third kappa shape index (κ3) is 7.44. The van der Waals surface area contributed by atoms with Gasteiger partial charge < -0.3 is 4.74 Å². The van der Waals surface area contributed by atoms with Crippen molar-refractivity contribution in [3.05, 3.63) is 12.7 Å². The third-order valence-corrected chi connectivity index (χ3v) is 2.58. The van der Waals surface area contributed by atoms with E-state index in [-0.39, 0.29) is 22.4 Å². The summed E-state index contributed by atoms with van der Waals surface area (Å²) in [5, 5.41) is 0. The Balaban J connectivity index is 3.96. The van der Waals surface area contributed by atoms with Crippen LogP contribution in [-0.4, -0.2) is 22.0 Å². The van der Waals surface area contributed by atoms with E-state index in [2.05, 4.69) is 38.4 Å². The van der Waals surface area contributed by atoms with Crippen molar-refractivity contribution in [2.24, 2.45) is 5.92 Å². The lowest BCUT2D eigenvalue weighted by Gasteiger charge is -2.09. The van der Waals surface area contributed by atoms with Crippen molar-refractivity contribution in [1.29, 1.82) is 0 Å². The molecule has 0 amide bonds.